The molecular weight excluding hydrogens is 635 g/mol. The zero-order valence-corrected chi connectivity index (χ0v) is 27.0. The van der Waals surface area contributed by atoms with Crippen LogP contribution in [0.5, 0.6) is 17.2 Å². The van der Waals surface area contributed by atoms with E-state index < -0.39 is 0 Å². The second-order valence-electron chi connectivity index (χ2n) is 10.5. The fraction of sp³-hybridized carbons (Fsp3) is 0.0857. The van der Waals surface area contributed by atoms with Crippen LogP contribution in [0.1, 0.15) is 26.3 Å². The lowest BCUT2D eigenvalue weighted by molar-refractivity contribution is 0.102. The molecule has 1 amide bonds. The van der Waals surface area contributed by atoms with E-state index in [0.29, 0.717) is 61.3 Å². The number of nitrogens with two attached hydrogens (primary N) is 1. The van der Waals surface area contributed by atoms with Gasteiger partial charge in [-0.15, -0.1) is 11.3 Å². The molecule has 234 valence electrons. The second-order valence-corrected chi connectivity index (χ2v) is 12.3. The molecule has 0 bridgehead atoms. The van der Waals surface area contributed by atoms with E-state index in [0.717, 1.165) is 27.3 Å². The molecule has 47 heavy (non-hydrogen) atoms. The highest BCUT2D eigenvalue weighted by atomic mass is 32.1. The molecule has 4 aromatic carbocycles. The summed E-state index contributed by atoms with van der Waals surface area (Å²) in [6.07, 6.45) is 0. The molecule has 1 aliphatic carbocycles. The number of thiazole rings is 2. The molecule has 2 heterocycles. The van der Waals surface area contributed by atoms with Crippen LogP contribution in [0.25, 0.3) is 32.3 Å². The number of fused-ring (bicyclic) bond motifs is 3. The summed E-state index contributed by atoms with van der Waals surface area (Å²) in [5.74, 6) is 1.48. The van der Waals surface area contributed by atoms with Crippen LogP contribution < -0.4 is 30.6 Å². The number of carbonyl (C=O) groups excluding carboxylic acids is 2. The Bertz CT molecular complexity index is 2170. The van der Waals surface area contributed by atoms with E-state index in [4.69, 9.17) is 24.9 Å². The molecule has 0 aliphatic heterocycles. The van der Waals surface area contributed by atoms with Crippen LogP contribution in [0.15, 0.2) is 84.2 Å². The summed E-state index contributed by atoms with van der Waals surface area (Å²) in [7, 11) is 4.66. The molecule has 0 atom stereocenters. The van der Waals surface area contributed by atoms with Gasteiger partial charge in [0.15, 0.2) is 22.4 Å². The van der Waals surface area contributed by atoms with Gasteiger partial charge in [-0.25, -0.2) is 9.97 Å². The SMILES string of the molecule is COc1cc(Nc2nc(N)c(-c3nc(-c4cccc(NC(=O)c5ccc6c(c5)C(=O)c5ccccc5-6)c4)cs3)s2)cc(OC)c1OC. The third-order valence-electron chi connectivity index (χ3n) is 7.67. The molecule has 4 N–H and O–H groups in total. The Morgan fingerprint density at radius 3 is 2.28 bits per heavy atom. The molecule has 2 aromatic heterocycles. The summed E-state index contributed by atoms with van der Waals surface area (Å²) >= 11 is 2.82. The van der Waals surface area contributed by atoms with Crippen LogP contribution >= 0.6 is 22.7 Å². The van der Waals surface area contributed by atoms with Gasteiger partial charge in [-0.1, -0.05) is 53.8 Å². The zero-order valence-electron chi connectivity index (χ0n) is 25.4. The smallest absolute Gasteiger partial charge is 0.255 e. The van der Waals surface area contributed by atoms with Gasteiger partial charge in [0.05, 0.1) is 27.0 Å². The molecule has 0 radical (unpaired) electrons. The Morgan fingerprint density at radius 1 is 0.787 bits per heavy atom. The zero-order chi connectivity index (χ0) is 32.7. The number of ether oxygens (including phenoxy) is 3. The van der Waals surface area contributed by atoms with Crippen LogP contribution in [0.2, 0.25) is 0 Å². The normalized spacial score (nSPS) is 11.5. The number of ketones is 1. The van der Waals surface area contributed by atoms with Gasteiger partial charge in [-0.2, -0.15) is 0 Å². The summed E-state index contributed by atoms with van der Waals surface area (Å²) in [5, 5.41) is 9.44. The number of benzene rings is 4. The van der Waals surface area contributed by atoms with Crippen molar-refractivity contribution in [1.82, 2.24) is 9.97 Å². The van der Waals surface area contributed by atoms with E-state index in [1.807, 2.05) is 60.0 Å². The minimum absolute atomic E-state index is 0.0720. The highest BCUT2D eigenvalue weighted by Gasteiger charge is 2.27. The molecule has 0 spiro atoms. The van der Waals surface area contributed by atoms with Gasteiger partial charge >= 0.3 is 0 Å². The Labute approximate surface area is 277 Å². The average molecular weight is 662 g/mol. The highest BCUT2D eigenvalue weighted by molar-refractivity contribution is 7.23. The monoisotopic (exact) mass is 661 g/mol. The summed E-state index contributed by atoms with van der Waals surface area (Å²) in [4.78, 5) is 36.2. The maximum Gasteiger partial charge on any atom is 0.255 e. The van der Waals surface area contributed by atoms with Crippen molar-refractivity contribution in [2.45, 2.75) is 0 Å². The Morgan fingerprint density at radius 2 is 1.53 bits per heavy atom. The highest BCUT2D eigenvalue weighted by Crippen LogP contribution is 2.43. The van der Waals surface area contributed by atoms with E-state index in [1.54, 1.807) is 45.6 Å². The third kappa shape index (κ3) is 5.53. The van der Waals surface area contributed by atoms with Crippen molar-refractivity contribution in [3.63, 3.8) is 0 Å². The van der Waals surface area contributed by atoms with Crippen molar-refractivity contribution in [3.8, 4) is 49.5 Å². The maximum absolute atomic E-state index is 13.2. The van der Waals surface area contributed by atoms with Gasteiger partial charge in [0.1, 0.15) is 15.7 Å². The Balaban J connectivity index is 1.08. The van der Waals surface area contributed by atoms with Crippen LogP contribution in [-0.4, -0.2) is 43.0 Å². The number of carbonyl (C=O) groups is 2. The molecule has 0 unspecified atom stereocenters. The number of aromatic nitrogens is 2. The number of methoxy groups -OCH3 is 3. The molecule has 6 aromatic rings. The molecule has 10 nitrogen and oxygen atoms in total. The number of anilines is 4. The number of amides is 1. The largest absolute Gasteiger partial charge is 0.493 e. The molecule has 12 heteroatoms. The first-order valence-electron chi connectivity index (χ1n) is 14.4. The Hall–Kier alpha value is -5.72. The summed E-state index contributed by atoms with van der Waals surface area (Å²) in [6, 6.07) is 23.7. The quantitative estimate of drug-likeness (QED) is 0.142. The first kappa shape index (κ1) is 30.0. The van der Waals surface area contributed by atoms with Gasteiger partial charge in [-0.3, -0.25) is 9.59 Å². The number of rotatable bonds is 9. The van der Waals surface area contributed by atoms with Gasteiger partial charge in [0.25, 0.3) is 5.91 Å². The first-order chi connectivity index (χ1) is 22.9. The lowest BCUT2D eigenvalue weighted by Crippen LogP contribution is -2.12. The standard InChI is InChI=1S/C35H27N5O5S2/c1-43-27-15-21(16-28(44-2)30(27)45-3)38-35-40-32(36)31(47-35)34-39-26(17-46-34)18-7-6-8-20(13-18)37-33(42)19-11-12-23-22-9-4-5-10-24(22)29(41)25(23)14-19/h4-17H,36H2,1-3H3,(H,37,42)(H,38,40). The van der Waals surface area contributed by atoms with Gasteiger partial charge in [0.2, 0.25) is 5.75 Å². The first-order valence-corrected chi connectivity index (χ1v) is 16.1. The van der Waals surface area contributed by atoms with Crippen molar-refractivity contribution in [2.24, 2.45) is 0 Å². The van der Waals surface area contributed by atoms with Crippen molar-refractivity contribution >= 4 is 56.7 Å². The van der Waals surface area contributed by atoms with Crippen molar-refractivity contribution in [1.29, 1.82) is 0 Å². The van der Waals surface area contributed by atoms with Crippen LogP contribution in [0, 0.1) is 0 Å². The average Bonchev–Trinajstić information content (AvgIpc) is 3.80. The van der Waals surface area contributed by atoms with Crippen molar-refractivity contribution in [3.05, 3.63) is 101 Å². The minimum Gasteiger partial charge on any atom is -0.493 e. The Kier molecular flexibility index (Phi) is 7.80. The topological polar surface area (TPSA) is 138 Å². The number of hydrogen-bond acceptors (Lipinski definition) is 11. The summed E-state index contributed by atoms with van der Waals surface area (Å²) < 4.78 is 16.3. The fourth-order valence-electron chi connectivity index (χ4n) is 5.45. The molecule has 1 aliphatic rings. The number of hydrogen-bond donors (Lipinski definition) is 3. The van der Waals surface area contributed by atoms with Gasteiger partial charge < -0.3 is 30.6 Å². The van der Waals surface area contributed by atoms with Crippen molar-refractivity contribution < 1.29 is 23.8 Å². The molecular formula is C35H27N5O5S2. The number of nitrogens with zero attached hydrogens (tertiary/aromatic N) is 2. The lowest BCUT2D eigenvalue weighted by atomic mass is 10.0. The minimum atomic E-state index is -0.308. The predicted molar refractivity (Wildman–Crippen MR) is 186 cm³/mol. The second kappa shape index (κ2) is 12.2. The summed E-state index contributed by atoms with van der Waals surface area (Å²) in [5.41, 5.74) is 12.5. The predicted octanol–water partition coefficient (Wildman–Crippen LogP) is 7.75. The van der Waals surface area contributed by atoms with E-state index >= 15 is 0 Å². The van der Waals surface area contributed by atoms with E-state index in [-0.39, 0.29) is 11.7 Å². The summed E-state index contributed by atoms with van der Waals surface area (Å²) in [6.45, 7) is 0. The van der Waals surface area contributed by atoms with Crippen molar-refractivity contribution in [2.75, 3.05) is 37.7 Å². The lowest BCUT2D eigenvalue weighted by Gasteiger charge is -2.14. The van der Waals surface area contributed by atoms with E-state index in [9.17, 15) is 9.59 Å². The fourth-order valence-corrected chi connectivity index (χ4v) is 7.29. The molecule has 0 fully saturated rings. The molecule has 0 saturated heterocycles. The van der Waals surface area contributed by atoms with E-state index in [2.05, 4.69) is 15.6 Å². The van der Waals surface area contributed by atoms with Crippen LogP contribution in [0.4, 0.5) is 22.3 Å². The molecule has 7 rings (SSSR count). The van der Waals surface area contributed by atoms with E-state index in [1.165, 1.54) is 22.7 Å². The van der Waals surface area contributed by atoms with Gasteiger partial charge in [0, 0.05) is 51.1 Å². The third-order valence-corrected chi connectivity index (χ3v) is 9.65. The number of nitrogens with one attached hydrogen (secondary N) is 2. The number of nitrogen functional groups attached to an aromatic ring is 1. The maximum atomic E-state index is 13.2. The molecule has 0 saturated carbocycles. The van der Waals surface area contributed by atoms with Gasteiger partial charge in [-0.05, 0) is 35.4 Å². The van der Waals surface area contributed by atoms with Crippen LogP contribution in [-0.2, 0) is 0 Å². The van der Waals surface area contributed by atoms with Crippen LogP contribution in [0.3, 0.4) is 0 Å².